The van der Waals surface area contributed by atoms with Crippen LogP contribution in [0.25, 0.3) is 0 Å². The van der Waals surface area contributed by atoms with Crippen molar-refractivity contribution in [2.75, 3.05) is 18.1 Å². The van der Waals surface area contributed by atoms with Crippen molar-refractivity contribution in [2.45, 2.75) is 19.4 Å². The van der Waals surface area contributed by atoms with E-state index in [9.17, 15) is 4.39 Å². The lowest BCUT2D eigenvalue weighted by Gasteiger charge is -2.17. The molecule has 0 bridgehead atoms. The van der Waals surface area contributed by atoms with Crippen LogP contribution in [0.1, 0.15) is 24.9 Å². The maximum atomic E-state index is 13.0. The molecule has 1 aliphatic rings. The van der Waals surface area contributed by atoms with Gasteiger partial charge < -0.3 is 5.32 Å². The van der Waals surface area contributed by atoms with Gasteiger partial charge in [0, 0.05) is 6.04 Å². The summed E-state index contributed by atoms with van der Waals surface area (Å²) in [4.78, 5) is 0. The van der Waals surface area contributed by atoms with Gasteiger partial charge >= 0.3 is 0 Å². The first kappa shape index (κ1) is 13.2. The van der Waals surface area contributed by atoms with Gasteiger partial charge in [-0.3, -0.25) is 0 Å². The van der Waals surface area contributed by atoms with Gasteiger partial charge in [-0.15, -0.1) is 0 Å². The lowest BCUT2D eigenvalue weighted by molar-refractivity contribution is 0.477. The van der Waals surface area contributed by atoms with Gasteiger partial charge in [0.15, 0.2) is 0 Å². The van der Waals surface area contributed by atoms with Crippen molar-refractivity contribution < 1.29 is 4.39 Å². The highest BCUT2D eigenvalue weighted by molar-refractivity contribution is 7.99. The van der Waals surface area contributed by atoms with Crippen LogP contribution in [0.4, 0.5) is 4.39 Å². The summed E-state index contributed by atoms with van der Waals surface area (Å²) < 4.78 is 13.0. The topological polar surface area (TPSA) is 12.0 Å². The van der Waals surface area contributed by atoms with E-state index >= 15 is 0 Å². The molecule has 0 aromatic heterocycles. The van der Waals surface area contributed by atoms with E-state index in [1.54, 1.807) is 12.1 Å². The van der Waals surface area contributed by atoms with E-state index < -0.39 is 0 Å². The van der Waals surface area contributed by atoms with Crippen LogP contribution in [0.15, 0.2) is 18.2 Å². The quantitative estimate of drug-likeness (QED) is 0.893. The Labute approximate surface area is 111 Å². The molecule has 1 saturated heterocycles. The molecule has 2 atom stereocenters. The first-order valence-electron chi connectivity index (χ1n) is 5.93. The van der Waals surface area contributed by atoms with Gasteiger partial charge in [-0.2, -0.15) is 11.8 Å². The average molecular weight is 274 g/mol. The summed E-state index contributed by atoms with van der Waals surface area (Å²) in [6, 6.07) is 5.15. The normalized spacial score (nSPS) is 21.7. The fraction of sp³-hybridized carbons (Fsp3) is 0.538. The van der Waals surface area contributed by atoms with Gasteiger partial charge in [0.05, 0.1) is 5.02 Å². The Morgan fingerprint density at radius 3 is 3.06 bits per heavy atom. The van der Waals surface area contributed by atoms with Gasteiger partial charge in [0.1, 0.15) is 5.82 Å². The molecule has 4 heteroatoms. The number of rotatable bonds is 4. The molecule has 1 fully saturated rings. The standard InChI is InChI=1S/C13H17ClFNS/c1-9(16-7-10-4-5-17-8-10)11-2-3-13(15)12(14)6-11/h2-3,6,9-10,16H,4-5,7-8H2,1H3. The molecule has 1 heterocycles. The van der Waals surface area contributed by atoms with Crippen molar-refractivity contribution >= 4 is 23.4 Å². The second-order valence-electron chi connectivity index (χ2n) is 4.53. The van der Waals surface area contributed by atoms with Crippen molar-refractivity contribution in [1.82, 2.24) is 5.32 Å². The molecule has 2 rings (SSSR count). The summed E-state index contributed by atoms with van der Waals surface area (Å²) in [5, 5.41) is 3.69. The Balaban J connectivity index is 1.89. The number of hydrogen-bond acceptors (Lipinski definition) is 2. The van der Waals surface area contributed by atoms with Crippen molar-refractivity contribution in [1.29, 1.82) is 0 Å². The lowest BCUT2D eigenvalue weighted by Crippen LogP contribution is -2.25. The highest BCUT2D eigenvalue weighted by Gasteiger charge is 2.16. The van der Waals surface area contributed by atoms with Gasteiger partial charge in [-0.25, -0.2) is 4.39 Å². The molecule has 1 aromatic rings. The third-order valence-corrected chi connectivity index (χ3v) is 4.70. The molecule has 0 spiro atoms. The third-order valence-electron chi connectivity index (χ3n) is 3.18. The van der Waals surface area contributed by atoms with Crippen molar-refractivity contribution in [3.05, 3.63) is 34.6 Å². The van der Waals surface area contributed by atoms with E-state index in [4.69, 9.17) is 11.6 Å². The predicted molar refractivity (Wildman–Crippen MR) is 73.3 cm³/mol. The molecular formula is C13H17ClFNS. The van der Waals surface area contributed by atoms with E-state index in [1.165, 1.54) is 24.0 Å². The van der Waals surface area contributed by atoms with Crippen LogP contribution in [-0.4, -0.2) is 18.1 Å². The molecule has 1 N–H and O–H groups in total. The van der Waals surface area contributed by atoms with E-state index in [2.05, 4.69) is 12.2 Å². The second-order valence-corrected chi connectivity index (χ2v) is 6.09. The number of halogens is 2. The maximum Gasteiger partial charge on any atom is 0.141 e. The molecule has 17 heavy (non-hydrogen) atoms. The van der Waals surface area contributed by atoms with E-state index in [0.29, 0.717) is 0 Å². The van der Waals surface area contributed by atoms with Crippen molar-refractivity contribution in [2.24, 2.45) is 5.92 Å². The van der Waals surface area contributed by atoms with Crippen LogP contribution in [0.2, 0.25) is 5.02 Å². The summed E-state index contributed by atoms with van der Waals surface area (Å²) in [6.07, 6.45) is 1.30. The molecule has 2 unspecified atom stereocenters. The number of thioether (sulfide) groups is 1. The van der Waals surface area contributed by atoms with Gasteiger partial charge in [-0.1, -0.05) is 17.7 Å². The smallest absolute Gasteiger partial charge is 0.141 e. The minimum absolute atomic E-state index is 0.201. The van der Waals surface area contributed by atoms with Gasteiger partial charge in [-0.05, 0) is 55.0 Å². The summed E-state index contributed by atoms with van der Waals surface area (Å²) in [6.45, 7) is 3.12. The molecule has 0 saturated carbocycles. The Morgan fingerprint density at radius 2 is 2.41 bits per heavy atom. The molecule has 0 radical (unpaired) electrons. The van der Waals surface area contributed by atoms with Crippen LogP contribution >= 0.6 is 23.4 Å². The zero-order valence-corrected chi connectivity index (χ0v) is 11.5. The van der Waals surface area contributed by atoms with Gasteiger partial charge in [0.2, 0.25) is 0 Å². The first-order valence-corrected chi connectivity index (χ1v) is 7.46. The number of benzene rings is 1. The lowest BCUT2D eigenvalue weighted by atomic mass is 10.1. The molecule has 0 aliphatic carbocycles. The summed E-state index contributed by atoms with van der Waals surface area (Å²) in [7, 11) is 0. The second kappa shape index (κ2) is 6.07. The maximum absolute atomic E-state index is 13.0. The van der Waals surface area contributed by atoms with Crippen LogP contribution < -0.4 is 5.32 Å². The Bertz CT molecular complexity index is 380. The minimum Gasteiger partial charge on any atom is -0.310 e. The molecule has 0 amide bonds. The van der Waals surface area contributed by atoms with Crippen LogP contribution in [0.5, 0.6) is 0 Å². The van der Waals surface area contributed by atoms with E-state index in [1.807, 2.05) is 11.8 Å². The molecule has 1 aromatic carbocycles. The zero-order valence-electron chi connectivity index (χ0n) is 9.88. The van der Waals surface area contributed by atoms with Crippen molar-refractivity contribution in [3.63, 3.8) is 0 Å². The van der Waals surface area contributed by atoms with Crippen LogP contribution in [0, 0.1) is 11.7 Å². The summed E-state index contributed by atoms with van der Waals surface area (Å²) >= 11 is 7.80. The fourth-order valence-corrected chi connectivity index (χ4v) is 3.46. The SMILES string of the molecule is CC(NCC1CCSC1)c1ccc(F)c(Cl)c1. The molecule has 1 nitrogen and oxygen atoms in total. The first-order chi connectivity index (χ1) is 8.16. The summed E-state index contributed by atoms with van der Waals surface area (Å²) in [5.74, 6) is 2.96. The Kier molecular flexibility index (Phi) is 4.71. The average Bonchev–Trinajstić information content (AvgIpc) is 2.82. The van der Waals surface area contributed by atoms with E-state index in [0.717, 1.165) is 18.0 Å². The van der Waals surface area contributed by atoms with Crippen LogP contribution in [0.3, 0.4) is 0 Å². The van der Waals surface area contributed by atoms with E-state index in [-0.39, 0.29) is 16.9 Å². The highest BCUT2D eigenvalue weighted by atomic mass is 35.5. The molecule has 1 aliphatic heterocycles. The Hall–Kier alpha value is -0.250. The minimum atomic E-state index is -0.352. The Morgan fingerprint density at radius 1 is 1.59 bits per heavy atom. The zero-order chi connectivity index (χ0) is 12.3. The third kappa shape index (κ3) is 3.60. The summed E-state index contributed by atoms with van der Waals surface area (Å²) in [5.41, 5.74) is 1.04. The largest absolute Gasteiger partial charge is 0.310 e. The fourth-order valence-electron chi connectivity index (χ4n) is 1.99. The monoisotopic (exact) mass is 273 g/mol. The number of nitrogens with one attached hydrogen (secondary N) is 1. The van der Waals surface area contributed by atoms with Crippen LogP contribution in [-0.2, 0) is 0 Å². The van der Waals surface area contributed by atoms with Gasteiger partial charge in [0.25, 0.3) is 0 Å². The van der Waals surface area contributed by atoms with Crippen molar-refractivity contribution in [3.8, 4) is 0 Å². The predicted octanol–water partition coefficient (Wildman–Crippen LogP) is 3.88. The molecular weight excluding hydrogens is 257 g/mol. The molecule has 94 valence electrons. The number of hydrogen-bond donors (Lipinski definition) is 1. The highest BCUT2D eigenvalue weighted by Crippen LogP contribution is 2.24.